The third-order valence-electron chi connectivity index (χ3n) is 9.43. The van der Waals surface area contributed by atoms with Gasteiger partial charge in [0.05, 0.1) is 0 Å². The molecule has 0 aromatic rings. The molecule has 0 saturated heterocycles. The van der Waals surface area contributed by atoms with E-state index in [0.717, 1.165) is 59.2 Å². The van der Waals surface area contributed by atoms with Gasteiger partial charge in [-0.05, 0) is 72.0 Å². The molecule has 2 aliphatic rings. The van der Waals surface area contributed by atoms with Crippen molar-refractivity contribution < 1.29 is 0 Å². The van der Waals surface area contributed by atoms with E-state index in [1.54, 1.807) is 6.42 Å². The van der Waals surface area contributed by atoms with E-state index in [1.165, 1.54) is 64.2 Å². The van der Waals surface area contributed by atoms with Gasteiger partial charge in [-0.3, -0.25) is 0 Å². The first-order valence-electron chi connectivity index (χ1n) is 13.8. The zero-order valence-corrected chi connectivity index (χ0v) is 21.6. The van der Waals surface area contributed by atoms with Crippen LogP contribution in [0.5, 0.6) is 0 Å². The molecule has 9 atom stereocenters. The van der Waals surface area contributed by atoms with E-state index >= 15 is 0 Å². The number of fused-ring (bicyclic) bond motifs is 1. The van der Waals surface area contributed by atoms with Crippen molar-refractivity contribution >= 4 is 0 Å². The van der Waals surface area contributed by atoms with Crippen LogP contribution in [-0.2, 0) is 0 Å². The Morgan fingerprint density at radius 3 is 2.03 bits per heavy atom. The molecule has 0 aliphatic heterocycles. The Bertz CT molecular complexity index is 437. The largest absolute Gasteiger partial charge is 0.0654 e. The zero-order chi connectivity index (χ0) is 21.6. The lowest BCUT2D eigenvalue weighted by Crippen LogP contribution is -2.23. The maximum atomic E-state index is 2.54. The Morgan fingerprint density at radius 1 is 0.793 bits per heavy atom. The van der Waals surface area contributed by atoms with E-state index < -0.39 is 0 Å². The van der Waals surface area contributed by atoms with Crippen LogP contribution in [0.4, 0.5) is 0 Å². The normalized spacial score (nSPS) is 32.8. The summed E-state index contributed by atoms with van der Waals surface area (Å²) in [6.07, 6.45) is 16.0. The number of hydrogen-bond donors (Lipinski definition) is 0. The van der Waals surface area contributed by atoms with Crippen LogP contribution in [-0.4, -0.2) is 0 Å². The second-order valence-corrected chi connectivity index (χ2v) is 11.9. The van der Waals surface area contributed by atoms with Crippen LogP contribution in [0.3, 0.4) is 0 Å². The minimum absolute atomic E-state index is 0.851. The molecular formula is C29H56. The van der Waals surface area contributed by atoms with E-state index in [-0.39, 0.29) is 0 Å². The summed E-state index contributed by atoms with van der Waals surface area (Å²) in [6.45, 7) is 19.8. The van der Waals surface area contributed by atoms with Gasteiger partial charge < -0.3 is 0 Å². The zero-order valence-electron chi connectivity index (χ0n) is 21.6. The molecule has 0 heteroatoms. The van der Waals surface area contributed by atoms with Gasteiger partial charge >= 0.3 is 0 Å². The molecule has 9 unspecified atom stereocenters. The summed E-state index contributed by atoms with van der Waals surface area (Å²) in [5.41, 5.74) is 0. The topological polar surface area (TPSA) is 0 Å². The van der Waals surface area contributed by atoms with E-state index in [4.69, 9.17) is 0 Å². The van der Waals surface area contributed by atoms with Crippen LogP contribution in [0.25, 0.3) is 0 Å². The molecule has 0 bridgehead atoms. The van der Waals surface area contributed by atoms with Crippen molar-refractivity contribution in [3.05, 3.63) is 0 Å². The van der Waals surface area contributed by atoms with Gasteiger partial charge in [-0.1, -0.05) is 113 Å². The second kappa shape index (κ2) is 12.1. The highest BCUT2D eigenvalue weighted by Gasteiger charge is 2.59. The molecule has 172 valence electrons. The molecule has 29 heavy (non-hydrogen) atoms. The number of hydrogen-bond acceptors (Lipinski definition) is 0. The van der Waals surface area contributed by atoms with Crippen molar-refractivity contribution in [3.63, 3.8) is 0 Å². The van der Waals surface area contributed by atoms with Crippen LogP contribution in [0.2, 0.25) is 0 Å². The lowest BCUT2D eigenvalue weighted by atomic mass is 9.72. The molecule has 2 rings (SSSR count). The Labute approximate surface area is 185 Å². The van der Waals surface area contributed by atoms with Crippen LogP contribution < -0.4 is 0 Å². The third-order valence-corrected chi connectivity index (χ3v) is 9.43. The standard InChI is InChI=1S/C29H56/c1-9-12-15-21(6)18-25(26(14-10-2)20(4)5)17-13-16-24(11-3)27-19-22(7)28-23(8)29(27)28/h20-29H,9-19H2,1-8H3. The molecular weight excluding hydrogens is 348 g/mol. The van der Waals surface area contributed by atoms with Crippen molar-refractivity contribution in [1.29, 1.82) is 0 Å². The Balaban J connectivity index is 1.91. The average Bonchev–Trinajstić information content (AvgIpc) is 3.22. The van der Waals surface area contributed by atoms with Gasteiger partial charge in [-0.2, -0.15) is 0 Å². The van der Waals surface area contributed by atoms with Gasteiger partial charge in [0, 0.05) is 0 Å². The molecule has 2 saturated carbocycles. The lowest BCUT2D eigenvalue weighted by molar-refractivity contribution is 0.173. The van der Waals surface area contributed by atoms with E-state index in [2.05, 4.69) is 55.4 Å². The highest BCUT2D eigenvalue weighted by Crippen LogP contribution is 2.65. The van der Waals surface area contributed by atoms with Gasteiger partial charge in [-0.25, -0.2) is 0 Å². The van der Waals surface area contributed by atoms with Gasteiger partial charge in [0.15, 0.2) is 0 Å². The van der Waals surface area contributed by atoms with Crippen molar-refractivity contribution in [2.45, 2.75) is 126 Å². The molecule has 0 aromatic heterocycles. The summed E-state index contributed by atoms with van der Waals surface area (Å²) in [5, 5.41) is 0. The smallest absolute Gasteiger partial charge is 0.0321 e. The minimum atomic E-state index is 0.851. The predicted molar refractivity (Wildman–Crippen MR) is 131 cm³/mol. The maximum absolute atomic E-state index is 2.54. The minimum Gasteiger partial charge on any atom is -0.0654 e. The highest BCUT2D eigenvalue weighted by molar-refractivity contribution is 5.07. The molecule has 0 heterocycles. The third kappa shape index (κ3) is 6.74. The summed E-state index contributed by atoms with van der Waals surface area (Å²) in [7, 11) is 0. The Kier molecular flexibility index (Phi) is 10.6. The highest BCUT2D eigenvalue weighted by atomic mass is 14.6. The van der Waals surface area contributed by atoms with Crippen molar-refractivity contribution in [2.24, 2.45) is 59.2 Å². The monoisotopic (exact) mass is 404 g/mol. The van der Waals surface area contributed by atoms with E-state index in [9.17, 15) is 0 Å². The lowest BCUT2D eigenvalue weighted by Gasteiger charge is -2.33. The molecule has 0 radical (unpaired) electrons. The molecule has 0 N–H and O–H groups in total. The molecule has 0 amide bonds. The van der Waals surface area contributed by atoms with Crippen LogP contribution in [0, 0.1) is 59.2 Å². The summed E-state index contributed by atoms with van der Waals surface area (Å²) in [4.78, 5) is 0. The first kappa shape index (κ1) is 25.3. The maximum Gasteiger partial charge on any atom is -0.0321 e. The Hall–Kier alpha value is 0. The quantitative estimate of drug-likeness (QED) is 0.255. The van der Waals surface area contributed by atoms with E-state index in [0.29, 0.717) is 0 Å². The molecule has 2 aliphatic carbocycles. The van der Waals surface area contributed by atoms with Crippen LogP contribution in [0.1, 0.15) is 126 Å². The van der Waals surface area contributed by atoms with Crippen LogP contribution in [0.15, 0.2) is 0 Å². The van der Waals surface area contributed by atoms with Crippen molar-refractivity contribution in [2.75, 3.05) is 0 Å². The van der Waals surface area contributed by atoms with Crippen LogP contribution >= 0.6 is 0 Å². The van der Waals surface area contributed by atoms with Crippen molar-refractivity contribution in [3.8, 4) is 0 Å². The average molecular weight is 405 g/mol. The van der Waals surface area contributed by atoms with Crippen molar-refractivity contribution in [1.82, 2.24) is 0 Å². The van der Waals surface area contributed by atoms with Gasteiger partial charge in [0.25, 0.3) is 0 Å². The molecule has 0 aromatic carbocycles. The van der Waals surface area contributed by atoms with E-state index in [1.807, 2.05) is 0 Å². The fourth-order valence-corrected chi connectivity index (χ4v) is 7.85. The fraction of sp³-hybridized carbons (Fsp3) is 1.00. The SMILES string of the molecule is CCCCC(C)CC(CCCC(CC)C1CC(C)C2C(C)C12)C(CCC)C(C)C. The first-order chi connectivity index (χ1) is 13.8. The summed E-state index contributed by atoms with van der Waals surface area (Å²) in [5.74, 6) is 10.0. The summed E-state index contributed by atoms with van der Waals surface area (Å²) in [6, 6.07) is 0. The Morgan fingerprint density at radius 2 is 1.52 bits per heavy atom. The number of rotatable bonds is 15. The predicted octanol–water partition coefficient (Wildman–Crippen LogP) is 9.63. The van der Waals surface area contributed by atoms with Gasteiger partial charge in [0.2, 0.25) is 0 Å². The number of unbranched alkanes of at least 4 members (excludes halogenated alkanes) is 1. The summed E-state index contributed by atoms with van der Waals surface area (Å²) >= 11 is 0. The molecule has 0 nitrogen and oxygen atoms in total. The summed E-state index contributed by atoms with van der Waals surface area (Å²) < 4.78 is 0. The molecule has 0 spiro atoms. The first-order valence-corrected chi connectivity index (χ1v) is 13.8. The molecule has 2 fully saturated rings. The van der Waals surface area contributed by atoms with Gasteiger partial charge in [-0.15, -0.1) is 0 Å². The second-order valence-electron chi connectivity index (χ2n) is 11.9. The van der Waals surface area contributed by atoms with Gasteiger partial charge in [0.1, 0.15) is 0 Å². The fourth-order valence-electron chi connectivity index (χ4n) is 7.85.